The van der Waals surface area contributed by atoms with Crippen molar-refractivity contribution in [1.82, 2.24) is 24.3 Å². The molecule has 3 aromatic rings. The molecule has 4 aliphatic rings. The van der Waals surface area contributed by atoms with Crippen LogP contribution in [0.2, 0.25) is 0 Å². The fourth-order valence-corrected chi connectivity index (χ4v) is 7.74. The largest absolute Gasteiger partial charge is 0.363 e. The Hall–Kier alpha value is -2.91. The normalized spacial score (nSPS) is 25.7. The Morgan fingerprint density at radius 2 is 1.60 bits per heavy atom. The van der Waals surface area contributed by atoms with Crippen molar-refractivity contribution in [3.05, 3.63) is 63.7 Å². The molecule has 0 saturated carbocycles. The minimum atomic E-state index is -2.88. The number of rotatable bonds is 2. The number of hydrogen-bond acceptors (Lipinski definition) is 6. The first-order chi connectivity index (χ1) is 21.7. The zero-order valence-electron chi connectivity index (χ0n) is 27.3. The van der Waals surface area contributed by atoms with Crippen molar-refractivity contribution in [2.45, 2.75) is 109 Å². The molecule has 2 aromatic heterocycles. The van der Waals surface area contributed by atoms with Gasteiger partial charge in [-0.05, 0) is 116 Å². The summed E-state index contributed by atoms with van der Waals surface area (Å²) < 4.78 is 33.6. The van der Waals surface area contributed by atoms with Crippen molar-refractivity contribution < 1.29 is 8.78 Å². The van der Waals surface area contributed by atoms with E-state index in [-0.39, 0.29) is 23.1 Å². The van der Waals surface area contributed by atoms with Gasteiger partial charge in [0.2, 0.25) is 0 Å². The van der Waals surface area contributed by atoms with Gasteiger partial charge in [0, 0.05) is 35.7 Å². The lowest BCUT2D eigenvalue weighted by Gasteiger charge is -2.36. The number of anilines is 1. The van der Waals surface area contributed by atoms with Crippen molar-refractivity contribution in [2.75, 3.05) is 38.0 Å². The zero-order valence-corrected chi connectivity index (χ0v) is 27.3. The Balaban J connectivity index is 1.37. The van der Waals surface area contributed by atoms with E-state index in [1.807, 2.05) is 23.6 Å². The van der Waals surface area contributed by atoms with Crippen molar-refractivity contribution in [2.24, 2.45) is 5.92 Å². The molecule has 0 spiro atoms. The SMILES string of the molecule is CC(C)N1CCC(c2cc3c4ncnc3n(c2=O)CCCCCCCN2CCC(CC2)C(F)(F)c2cccc(c2)[C@@H](C)N4)CC1. The maximum Gasteiger partial charge on any atom is 0.276 e. The molecule has 45 heavy (non-hydrogen) atoms. The molecular weight excluding hydrogens is 570 g/mol. The predicted octanol–water partition coefficient (Wildman–Crippen LogP) is 7.32. The number of hydrogen-bond donors (Lipinski definition) is 1. The third kappa shape index (κ3) is 6.94. The molecule has 0 amide bonds. The minimum Gasteiger partial charge on any atom is -0.363 e. The Kier molecular flexibility index (Phi) is 9.85. The molecule has 1 N–H and O–H groups in total. The van der Waals surface area contributed by atoms with Crippen LogP contribution in [0.25, 0.3) is 11.0 Å². The van der Waals surface area contributed by atoms with E-state index in [0.29, 0.717) is 36.9 Å². The number of fused-ring (bicyclic) bond motifs is 9. The van der Waals surface area contributed by atoms with Crippen LogP contribution in [0.15, 0.2) is 41.5 Å². The van der Waals surface area contributed by atoms with E-state index in [1.165, 1.54) is 6.33 Å². The average molecular weight is 621 g/mol. The molecule has 244 valence electrons. The summed E-state index contributed by atoms with van der Waals surface area (Å²) in [5, 5.41) is 4.35. The van der Waals surface area contributed by atoms with Gasteiger partial charge >= 0.3 is 0 Å². The van der Waals surface area contributed by atoms with Gasteiger partial charge in [-0.1, -0.05) is 37.5 Å². The van der Waals surface area contributed by atoms with E-state index in [1.54, 1.807) is 18.2 Å². The number of nitrogens with one attached hydrogen (secondary N) is 1. The Morgan fingerprint density at radius 3 is 2.33 bits per heavy atom. The average Bonchev–Trinajstić information content (AvgIpc) is 3.05. The lowest BCUT2D eigenvalue weighted by molar-refractivity contribution is -0.0855. The van der Waals surface area contributed by atoms with Crippen LogP contribution in [-0.2, 0) is 12.5 Å². The third-order valence-electron chi connectivity index (χ3n) is 10.7. The second-order valence-electron chi connectivity index (χ2n) is 13.9. The highest BCUT2D eigenvalue weighted by Crippen LogP contribution is 2.42. The van der Waals surface area contributed by atoms with E-state index in [2.05, 4.69) is 38.9 Å². The summed E-state index contributed by atoms with van der Waals surface area (Å²) in [7, 11) is 0. The second kappa shape index (κ2) is 13.8. The van der Waals surface area contributed by atoms with Gasteiger partial charge in [-0.3, -0.25) is 9.36 Å². The van der Waals surface area contributed by atoms with Crippen LogP contribution in [0.3, 0.4) is 0 Å². The molecule has 0 radical (unpaired) electrons. The van der Waals surface area contributed by atoms with E-state index in [9.17, 15) is 4.79 Å². The molecule has 2 saturated heterocycles. The number of nitrogens with zero attached hydrogens (tertiary/aromatic N) is 5. The molecule has 7 rings (SSSR count). The van der Waals surface area contributed by atoms with Gasteiger partial charge in [-0.15, -0.1) is 0 Å². The van der Waals surface area contributed by atoms with Gasteiger partial charge in [0.1, 0.15) is 17.8 Å². The maximum atomic E-state index is 15.9. The van der Waals surface area contributed by atoms with Gasteiger partial charge in [0.25, 0.3) is 11.5 Å². The standard InChI is InChI=1S/C36H50F2N6O/c1-25(2)43-20-12-27(13-21-43)31-23-32-33-39-24-40-34(32)44(35(31)45)17-8-6-4-5-7-16-42-18-14-29(15-19-42)36(37,38)30-11-9-10-28(22-30)26(3)41-33/h9-11,22-27,29H,4-8,12-21H2,1-3H3,(H,39,40,41)/t26-/m1/s1. The Bertz CT molecular complexity index is 1510. The molecule has 6 heterocycles. The number of aryl methyl sites for hydroxylation is 1. The van der Waals surface area contributed by atoms with Gasteiger partial charge in [0.05, 0.1) is 5.39 Å². The summed E-state index contributed by atoms with van der Waals surface area (Å²) in [5.74, 6) is -2.70. The summed E-state index contributed by atoms with van der Waals surface area (Å²) >= 11 is 0. The second-order valence-corrected chi connectivity index (χ2v) is 13.9. The molecule has 1 aromatic carbocycles. The van der Waals surface area contributed by atoms with Crippen molar-refractivity contribution in [3.8, 4) is 0 Å². The molecule has 1 atom stereocenters. The molecule has 2 fully saturated rings. The smallest absolute Gasteiger partial charge is 0.276 e. The summed E-state index contributed by atoms with van der Waals surface area (Å²) in [6.07, 6.45) is 9.71. The van der Waals surface area contributed by atoms with E-state index >= 15 is 8.78 Å². The number of halogens is 2. The van der Waals surface area contributed by atoms with E-state index in [0.717, 1.165) is 94.2 Å². The molecule has 8 bridgehead atoms. The van der Waals surface area contributed by atoms with Crippen LogP contribution >= 0.6 is 0 Å². The summed E-state index contributed by atoms with van der Waals surface area (Å²) in [6.45, 7) is 11.5. The van der Waals surface area contributed by atoms with Crippen molar-refractivity contribution in [3.63, 3.8) is 0 Å². The van der Waals surface area contributed by atoms with Crippen molar-refractivity contribution >= 4 is 16.9 Å². The quantitative estimate of drug-likeness (QED) is 0.324. The lowest BCUT2D eigenvalue weighted by Crippen LogP contribution is -2.40. The van der Waals surface area contributed by atoms with E-state index in [4.69, 9.17) is 0 Å². The molecule has 9 heteroatoms. The first-order valence-electron chi connectivity index (χ1n) is 17.3. The minimum absolute atomic E-state index is 0.0695. The van der Waals surface area contributed by atoms with Gasteiger partial charge in [-0.25, -0.2) is 18.7 Å². The number of aromatic nitrogens is 3. The fourth-order valence-electron chi connectivity index (χ4n) is 7.74. The van der Waals surface area contributed by atoms with Gasteiger partial charge in [0.15, 0.2) is 0 Å². The molecule has 0 aliphatic carbocycles. The zero-order chi connectivity index (χ0) is 31.6. The third-order valence-corrected chi connectivity index (χ3v) is 10.7. The number of benzene rings is 1. The lowest BCUT2D eigenvalue weighted by atomic mass is 9.85. The summed E-state index contributed by atoms with van der Waals surface area (Å²) in [5.41, 5.74) is 2.44. The molecule has 4 aliphatic heterocycles. The molecule has 0 unspecified atom stereocenters. The Morgan fingerprint density at radius 1 is 0.889 bits per heavy atom. The summed E-state index contributed by atoms with van der Waals surface area (Å²) in [4.78, 5) is 28.2. The van der Waals surface area contributed by atoms with Crippen LogP contribution < -0.4 is 10.9 Å². The summed E-state index contributed by atoms with van der Waals surface area (Å²) in [6, 6.07) is 9.14. The monoisotopic (exact) mass is 620 g/mol. The predicted molar refractivity (Wildman–Crippen MR) is 177 cm³/mol. The topological polar surface area (TPSA) is 66.3 Å². The van der Waals surface area contributed by atoms with Gasteiger partial charge in [-0.2, -0.15) is 0 Å². The van der Waals surface area contributed by atoms with Gasteiger partial charge < -0.3 is 15.1 Å². The van der Waals surface area contributed by atoms with E-state index < -0.39 is 11.8 Å². The van der Waals surface area contributed by atoms with Crippen LogP contribution in [0.5, 0.6) is 0 Å². The molecule has 7 nitrogen and oxygen atoms in total. The highest BCUT2D eigenvalue weighted by Gasteiger charge is 2.42. The fraction of sp³-hybridized carbons (Fsp3) is 0.639. The first-order valence-corrected chi connectivity index (χ1v) is 17.3. The number of likely N-dealkylation sites (tertiary alicyclic amines) is 1. The van der Waals surface area contributed by atoms with Crippen LogP contribution in [0.4, 0.5) is 14.6 Å². The maximum absolute atomic E-state index is 15.9. The highest BCUT2D eigenvalue weighted by atomic mass is 19.3. The van der Waals surface area contributed by atoms with Crippen LogP contribution in [0.1, 0.15) is 107 Å². The molecular formula is C36H50F2N6O. The van der Waals surface area contributed by atoms with Crippen LogP contribution in [0, 0.1) is 5.92 Å². The number of piperidine rings is 2. The Labute approximate surface area is 266 Å². The first kappa shape index (κ1) is 32.0. The van der Waals surface area contributed by atoms with Crippen molar-refractivity contribution in [1.29, 1.82) is 0 Å². The number of pyridine rings is 1. The number of alkyl halides is 2. The highest BCUT2D eigenvalue weighted by molar-refractivity contribution is 5.87. The van der Waals surface area contributed by atoms with Crippen LogP contribution in [-0.4, -0.2) is 63.1 Å².